The Labute approximate surface area is 170 Å². The van der Waals surface area contributed by atoms with E-state index in [0.29, 0.717) is 16.8 Å². The third-order valence-electron chi connectivity index (χ3n) is 5.26. The number of fused-ring (bicyclic) bond motifs is 3. The van der Waals surface area contributed by atoms with E-state index in [2.05, 4.69) is 10.4 Å². The van der Waals surface area contributed by atoms with Crippen LogP contribution in [0.4, 0.5) is 11.4 Å². The summed E-state index contributed by atoms with van der Waals surface area (Å²) >= 11 is 0. The van der Waals surface area contributed by atoms with Crippen molar-refractivity contribution in [1.82, 2.24) is 15.0 Å². The smallest absolute Gasteiger partial charge is 0.274 e. The van der Waals surface area contributed by atoms with Gasteiger partial charge in [0.15, 0.2) is 0 Å². The summed E-state index contributed by atoms with van der Waals surface area (Å²) in [5.74, 6) is 0. The summed E-state index contributed by atoms with van der Waals surface area (Å²) in [6, 6.07) is 13.8. The maximum absolute atomic E-state index is 12.9. The lowest BCUT2D eigenvalue weighted by molar-refractivity contribution is -0.385. The normalized spacial score (nSPS) is 13.4. The molecule has 2 aromatic heterocycles. The van der Waals surface area contributed by atoms with Crippen molar-refractivity contribution in [3.05, 3.63) is 93.0 Å². The number of nitro benzene ring substituents is 1. The van der Waals surface area contributed by atoms with E-state index in [1.807, 2.05) is 35.5 Å². The van der Waals surface area contributed by atoms with Crippen LogP contribution in [0.5, 0.6) is 0 Å². The van der Waals surface area contributed by atoms with Gasteiger partial charge in [-0.3, -0.25) is 29.5 Å². The van der Waals surface area contributed by atoms with Crippen molar-refractivity contribution < 1.29 is 4.92 Å². The van der Waals surface area contributed by atoms with E-state index in [1.165, 1.54) is 16.7 Å². The number of benzene rings is 2. The van der Waals surface area contributed by atoms with Crippen molar-refractivity contribution in [2.75, 3.05) is 11.6 Å². The summed E-state index contributed by atoms with van der Waals surface area (Å²) in [6.45, 7) is 2.42. The van der Waals surface area contributed by atoms with Gasteiger partial charge < -0.3 is 0 Å². The number of hydrogen-bond acceptors (Lipinski definition) is 6. The maximum atomic E-state index is 12.9. The monoisotopic (exact) mass is 399 g/mol. The molecule has 0 saturated heterocycles. The Bertz CT molecular complexity index is 1420. The SMILES string of the molecule is Cc1ccc(-n2c(=O)ccc3cnc4ccc(N5C=CCN5)cc4c32)cc1[N+](=O)[O-]. The summed E-state index contributed by atoms with van der Waals surface area (Å²) in [6.07, 6.45) is 5.66. The Morgan fingerprint density at radius 2 is 1.93 bits per heavy atom. The second-order valence-electron chi connectivity index (χ2n) is 7.12. The Hall–Kier alpha value is -4.04. The predicted molar refractivity (Wildman–Crippen MR) is 116 cm³/mol. The summed E-state index contributed by atoms with van der Waals surface area (Å²) in [4.78, 5) is 28.5. The molecule has 1 aliphatic heterocycles. The summed E-state index contributed by atoms with van der Waals surface area (Å²) < 4.78 is 1.52. The predicted octanol–water partition coefficient (Wildman–Crippen LogP) is 3.59. The second-order valence-corrected chi connectivity index (χ2v) is 7.12. The first-order valence-electron chi connectivity index (χ1n) is 9.42. The highest BCUT2D eigenvalue weighted by molar-refractivity contribution is 6.05. The minimum Gasteiger partial charge on any atom is -0.284 e. The third-order valence-corrected chi connectivity index (χ3v) is 5.26. The fourth-order valence-corrected chi connectivity index (χ4v) is 3.78. The minimum absolute atomic E-state index is 0.0261. The fourth-order valence-electron chi connectivity index (χ4n) is 3.78. The van der Waals surface area contributed by atoms with Gasteiger partial charge in [-0.25, -0.2) is 5.43 Å². The van der Waals surface area contributed by atoms with E-state index in [4.69, 9.17) is 0 Å². The van der Waals surface area contributed by atoms with Gasteiger partial charge in [0.05, 0.1) is 27.3 Å². The number of aryl methyl sites for hydroxylation is 1. The number of pyridine rings is 2. The molecule has 0 amide bonds. The van der Waals surface area contributed by atoms with Crippen LogP contribution in [0.15, 0.2) is 71.8 Å². The highest BCUT2D eigenvalue weighted by atomic mass is 16.6. The van der Waals surface area contributed by atoms with E-state index >= 15 is 0 Å². The quantitative estimate of drug-likeness (QED) is 0.321. The molecule has 0 radical (unpaired) electrons. The number of nitrogens with one attached hydrogen (secondary N) is 1. The largest absolute Gasteiger partial charge is 0.284 e. The van der Waals surface area contributed by atoms with Crippen LogP contribution in [0, 0.1) is 17.0 Å². The molecule has 0 fully saturated rings. The average Bonchev–Trinajstić information content (AvgIpc) is 3.28. The lowest BCUT2D eigenvalue weighted by Crippen LogP contribution is -2.28. The van der Waals surface area contributed by atoms with Crippen LogP contribution in [0.25, 0.3) is 27.5 Å². The van der Waals surface area contributed by atoms with Gasteiger partial charge in [0, 0.05) is 47.4 Å². The van der Waals surface area contributed by atoms with Crippen LogP contribution >= 0.6 is 0 Å². The van der Waals surface area contributed by atoms with Gasteiger partial charge in [-0.05, 0) is 37.3 Å². The molecule has 8 heteroatoms. The van der Waals surface area contributed by atoms with Gasteiger partial charge in [-0.15, -0.1) is 0 Å². The lowest BCUT2D eigenvalue weighted by atomic mass is 10.1. The number of nitrogens with zero attached hydrogens (tertiary/aromatic N) is 4. The zero-order valence-electron chi connectivity index (χ0n) is 16.1. The molecule has 148 valence electrons. The number of nitro groups is 1. The van der Waals surface area contributed by atoms with Crippen molar-refractivity contribution in [1.29, 1.82) is 0 Å². The van der Waals surface area contributed by atoms with Crippen molar-refractivity contribution >= 4 is 33.2 Å². The van der Waals surface area contributed by atoms with Gasteiger partial charge in [0.2, 0.25) is 0 Å². The van der Waals surface area contributed by atoms with Crippen molar-refractivity contribution in [3.63, 3.8) is 0 Å². The molecular formula is C22H17N5O3. The van der Waals surface area contributed by atoms with Crippen LogP contribution in [0.2, 0.25) is 0 Å². The molecule has 3 heterocycles. The molecule has 30 heavy (non-hydrogen) atoms. The molecule has 2 aromatic carbocycles. The van der Waals surface area contributed by atoms with Gasteiger partial charge in [-0.1, -0.05) is 12.1 Å². The molecule has 0 bridgehead atoms. The van der Waals surface area contributed by atoms with Crippen LogP contribution in [0.1, 0.15) is 5.56 Å². The highest BCUT2D eigenvalue weighted by Crippen LogP contribution is 2.30. The first-order chi connectivity index (χ1) is 14.5. The van der Waals surface area contributed by atoms with E-state index in [9.17, 15) is 14.9 Å². The van der Waals surface area contributed by atoms with Crippen molar-refractivity contribution in [3.8, 4) is 5.69 Å². The number of hydrogen-bond donors (Lipinski definition) is 1. The molecule has 0 atom stereocenters. The lowest BCUT2D eigenvalue weighted by Gasteiger charge is -2.18. The average molecular weight is 399 g/mol. The molecule has 0 aliphatic carbocycles. The van der Waals surface area contributed by atoms with E-state index in [-0.39, 0.29) is 11.2 Å². The van der Waals surface area contributed by atoms with Crippen molar-refractivity contribution in [2.24, 2.45) is 0 Å². The van der Waals surface area contributed by atoms with Crippen LogP contribution in [0.3, 0.4) is 0 Å². The topological polar surface area (TPSA) is 93.3 Å². The van der Waals surface area contributed by atoms with Crippen LogP contribution in [-0.4, -0.2) is 21.0 Å². The molecular weight excluding hydrogens is 382 g/mol. The Balaban J connectivity index is 1.85. The number of anilines is 1. The Morgan fingerprint density at radius 1 is 1.10 bits per heavy atom. The van der Waals surface area contributed by atoms with Gasteiger partial charge in [0.25, 0.3) is 11.2 Å². The summed E-state index contributed by atoms with van der Waals surface area (Å²) in [5, 5.41) is 14.9. The highest BCUT2D eigenvalue weighted by Gasteiger charge is 2.16. The second kappa shape index (κ2) is 6.78. The Kier molecular flexibility index (Phi) is 4.07. The van der Waals surface area contributed by atoms with Gasteiger partial charge >= 0.3 is 0 Å². The van der Waals surface area contributed by atoms with E-state index in [0.717, 1.165) is 28.5 Å². The fraction of sp³-hybridized carbons (Fsp3) is 0.0909. The molecule has 1 N–H and O–H groups in total. The molecule has 5 rings (SSSR count). The van der Waals surface area contributed by atoms with E-state index < -0.39 is 4.92 Å². The first kappa shape index (κ1) is 18.0. The molecule has 0 unspecified atom stereocenters. The molecule has 0 saturated carbocycles. The van der Waals surface area contributed by atoms with Gasteiger partial charge in [-0.2, -0.15) is 0 Å². The van der Waals surface area contributed by atoms with Crippen LogP contribution < -0.4 is 16.0 Å². The summed E-state index contributed by atoms with van der Waals surface area (Å²) in [7, 11) is 0. The number of rotatable bonds is 3. The molecule has 4 aromatic rings. The third kappa shape index (κ3) is 2.82. The van der Waals surface area contributed by atoms with Gasteiger partial charge in [0.1, 0.15) is 0 Å². The zero-order valence-corrected chi connectivity index (χ0v) is 16.1. The number of aromatic nitrogens is 2. The van der Waals surface area contributed by atoms with E-state index in [1.54, 1.807) is 31.3 Å². The summed E-state index contributed by atoms with van der Waals surface area (Å²) in [5.41, 5.74) is 6.22. The zero-order chi connectivity index (χ0) is 20.8. The van der Waals surface area contributed by atoms with Crippen molar-refractivity contribution in [2.45, 2.75) is 6.92 Å². The Morgan fingerprint density at radius 3 is 2.70 bits per heavy atom. The molecule has 1 aliphatic rings. The standard InChI is InChI=1S/C22H17N5O3/c1-14-3-5-17(12-20(14)27(29)30)26-21(28)8-4-15-13-23-19-7-6-16(11-18(19)22(15)26)25-10-2-9-24-25/h2-8,10-13,24H,9H2,1H3. The minimum atomic E-state index is -0.432. The first-order valence-corrected chi connectivity index (χ1v) is 9.42. The van der Waals surface area contributed by atoms with Crippen LogP contribution in [-0.2, 0) is 0 Å². The molecule has 8 nitrogen and oxygen atoms in total. The molecule has 0 spiro atoms. The maximum Gasteiger partial charge on any atom is 0.274 e. The number of hydrazine groups is 1.